The van der Waals surface area contributed by atoms with Crippen LogP contribution in [0.5, 0.6) is 0 Å². The van der Waals surface area contributed by atoms with Gasteiger partial charge < -0.3 is 5.32 Å². The van der Waals surface area contributed by atoms with Crippen molar-refractivity contribution in [2.75, 3.05) is 5.32 Å². The molecule has 0 amide bonds. The molecule has 1 N–H and O–H groups in total. The summed E-state index contributed by atoms with van der Waals surface area (Å²) in [6, 6.07) is 1.28. The number of benzene rings is 1. The molecule has 3 rings (SSSR count). The third-order valence-corrected chi connectivity index (χ3v) is 3.22. The van der Waals surface area contributed by atoms with Gasteiger partial charge in [0.25, 0.3) is 5.78 Å². The molecule has 9 heteroatoms. The van der Waals surface area contributed by atoms with Gasteiger partial charge in [-0.15, -0.1) is 0 Å². The summed E-state index contributed by atoms with van der Waals surface area (Å²) in [4.78, 5) is 7.82. The van der Waals surface area contributed by atoms with Gasteiger partial charge >= 0.3 is 0 Å². The minimum atomic E-state index is -1.30. The minimum Gasteiger partial charge on any atom is -0.337 e. The molecule has 1 aromatic carbocycles. The van der Waals surface area contributed by atoms with Crippen LogP contribution in [0.3, 0.4) is 0 Å². The van der Waals surface area contributed by atoms with Crippen LogP contribution in [-0.4, -0.2) is 19.6 Å². The van der Waals surface area contributed by atoms with Gasteiger partial charge in [-0.05, 0) is 6.92 Å². The number of nitrogens with zero attached hydrogens (tertiary/aromatic N) is 4. The zero-order chi connectivity index (χ0) is 15.1. The standard InChI is InChI=1S/C12H7ClF3N5/c1-5-10(13)20-12-17-4-18-21(12)11(5)19-8-3-6(14)2-7(15)9(8)16/h2-4,19H,1H3. The molecule has 21 heavy (non-hydrogen) atoms. The van der Waals surface area contributed by atoms with E-state index in [1.165, 1.54) is 10.8 Å². The van der Waals surface area contributed by atoms with Gasteiger partial charge in [0.05, 0.1) is 5.69 Å². The van der Waals surface area contributed by atoms with Crippen LogP contribution >= 0.6 is 11.6 Å². The van der Waals surface area contributed by atoms with Crippen LogP contribution in [0.1, 0.15) is 5.56 Å². The maximum atomic E-state index is 13.7. The Hall–Kier alpha value is -2.35. The van der Waals surface area contributed by atoms with Crippen molar-refractivity contribution in [3.8, 4) is 0 Å². The van der Waals surface area contributed by atoms with Crippen LogP contribution in [0.15, 0.2) is 18.5 Å². The third kappa shape index (κ3) is 2.27. The number of fused-ring (bicyclic) bond motifs is 1. The van der Waals surface area contributed by atoms with Crippen LogP contribution in [0.2, 0.25) is 5.15 Å². The Bertz CT molecular complexity index is 849. The molecule has 108 valence electrons. The summed E-state index contributed by atoms with van der Waals surface area (Å²) in [5.41, 5.74) is 0.0494. The van der Waals surface area contributed by atoms with E-state index >= 15 is 0 Å². The first-order valence-electron chi connectivity index (χ1n) is 5.75. The maximum absolute atomic E-state index is 13.7. The van der Waals surface area contributed by atoms with Crippen molar-refractivity contribution in [3.05, 3.63) is 46.6 Å². The highest BCUT2D eigenvalue weighted by atomic mass is 35.5. The van der Waals surface area contributed by atoms with Crippen molar-refractivity contribution >= 4 is 28.9 Å². The Morgan fingerprint density at radius 1 is 1.24 bits per heavy atom. The number of anilines is 2. The van der Waals surface area contributed by atoms with Gasteiger partial charge in [0, 0.05) is 17.7 Å². The number of hydrogen-bond acceptors (Lipinski definition) is 4. The monoisotopic (exact) mass is 313 g/mol. The van der Waals surface area contributed by atoms with E-state index < -0.39 is 17.5 Å². The molecule has 0 saturated heterocycles. The van der Waals surface area contributed by atoms with E-state index in [-0.39, 0.29) is 22.4 Å². The molecule has 2 heterocycles. The first-order chi connectivity index (χ1) is 9.97. The van der Waals surface area contributed by atoms with Crippen molar-refractivity contribution in [3.63, 3.8) is 0 Å². The molecule has 0 bridgehead atoms. The summed E-state index contributed by atoms with van der Waals surface area (Å²) in [7, 11) is 0. The SMILES string of the molecule is Cc1c(Cl)nc2ncnn2c1Nc1cc(F)cc(F)c1F. The third-order valence-electron chi connectivity index (χ3n) is 2.85. The molecule has 0 unspecified atom stereocenters. The second-order valence-corrected chi connectivity index (χ2v) is 4.58. The van der Waals surface area contributed by atoms with E-state index in [1.807, 2.05) is 0 Å². The highest BCUT2D eigenvalue weighted by Crippen LogP contribution is 2.28. The first-order valence-corrected chi connectivity index (χ1v) is 6.12. The van der Waals surface area contributed by atoms with Gasteiger partial charge in [-0.1, -0.05) is 11.6 Å². The van der Waals surface area contributed by atoms with Crippen molar-refractivity contribution in [2.45, 2.75) is 6.92 Å². The van der Waals surface area contributed by atoms with Gasteiger partial charge in [0.15, 0.2) is 11.6 Å². The molecule has 0 spiro atoms. The lowest BCUT2D eigenvalue weighted by Gasteiger charge is -2.12. The minimum absolute atomic E-state index is 0.121. The Morgan fingerprint density at radius 3 is 2.76 bits per heavy atom. The van der Waals surface area contributed by atoms with E-state index in [0.717, 1.165) is 6.07 Å². The zero-order valence-corrected chi connectivity index (χ0v) is 11.3. The van der Waals surface area contributed by atoms with E-state index in [4.69, 9.17) is 11.6 Å². The number of nitrogens with one attached hydrogen (secondary N) is 1. The predicted octanol–water partition coefficient (Wildman–Crippen LogP) is 3.25. The average Bonchev–Trinajstić information content (AvgIpc) is 2.88. The Labute approximate surface area is 121 Å². The van der Waals surface area contributed by atoms with Crippen molar-refractivity contribution < 1.29 is 13.2 Å². The van der Waals surface area contributed by atoms with Crippen LogP contribution in [0.25, 0.3) is 5.78 Å². The van der Waals surface area contributed by atoms with E-state index in [9.17, 15) is 13.2 Å². The molecule has 3 aromatic rings. The molecule has 0 radical (unpaired) electrons. The smallest absolute Gasteiger partial charge is 0.255 e. The lowest BCUT2D eigenvalue weighted by atomic mass is 10.2. The van der Waals surface area contributed by atoms with Gasteiger partial charge in [0.1, 0.15) is 23.1 Å². The number of aromatic nitrogens is 4. The zero-order valence-electron chi connectivity index (χ0n) is 10.5. The number of halogens is 4. The van der Waals surface area contributed by atoms with Crippen LogP contribution in [0.4, 0.5) is 24.7 Å². The molecule has 0 aliphatic heterocycles. The lowest BCUT2D eigenvalue weighted by Crippen LogP contribution is -2.07. The normalized spacial score (nSPS) is 11.1. The second kappa shape index (κ2) is 4.88. The molecule has 0 atom stereocenters. The Balaban J connectivity index is 2.18. The molecule has 0 aliphatic rings. The summed E-state index contributed by atoms with van der Waals surface area (Å²) in [6.07, 6.45) is 1.23. The van der Waals surface area contributed by atoms with E-state index in [2.05, 4.69) is 20.4 Å². The molecule has 0 aliphatic carbocycles. The van der Waals surface area contributed by atoms with Gasteiger partial charge in [-0.25, -0.2) is 13.2 Å². The summed E-state index contributed by atoms with van der Waals surface area (Å²) in [5, 5.41) is 6.60. The highest BCUT2D eigenvalue weighted by Gasteiger charge is 2.16. The topological polar surface area (TPSA) is 55.1 Å². The second-order valence-electron chi connectivity index (χ2n) is 4.22. The summed E-state index contributed by atoms with van der Waals surface area (Å²) in [5.74, 6) is -3.04. The Kier molecular flexibility index (Phi) is 3.17. The molecule has 2 aromatic heterocycles. The Morgan fingerprint density at radius 2 is 2.00 bits per heavy atom. The fraction of sp³-hybridized carbons (Fsp3) is 0.0833. The van der Waals surface area contributed by atoms with Crippen LogP contribution in [-0.2, 0) is 0 Å². The van der Waals surface area contributed by atoms with Gasteiger partial charge in [-0.2, -0.15) is 19.6 Å². The van der Waals surface area contributed by atoms with Crippen molar-refractivity contribution in [1.82, 2.24) is 19.6 Å². The van der Waals surface area contributed by atoms with Crippen molar-refractivity contribution in [2.24, 2.45) is 0 Å². The van der Waals surface area contributed by atoms with E-state index in [0.29, 0.717) is 11.6 Å². The first kappa shape index (κ1) is 13.6. The highest BCUT2D eigenvalue weighted by molar-refractivity contribution is 6.30. The van der Waals surface area contributed by atoms with Crippen molar-refractivity contribution in [1.29, 1.82) is 0 Å². The molecule has 0 fully saturated rings. The molecular formula is C12H7ClF3N5. The molecule has 0 saturated carbocycles. The summed E-state index contributed by atoms with van der Waals surface area (Å²) >= 11 is 5.94. The quantitative estimate of drug-likeness (QED) is 0.583. The van der Waals surface area contributed by atoms with Crippen LogP contribution < -0.4 is 5.32 Å². The van der Waals surface area contributed by atoms with Gasteiger partial charge in [-0.3, -0.25) is 0 Å². The summed E-state index contributed by atoms with van der Waals surface area (Å²) in [6.45, 7) is 1.60. The number of rotatable bonds is 2. The molecular weight excluding hydrogens is 307 g/mol. The molecule has 5 nitrogen and oxygen atoms in total. The fourth-order valence-electron chi connectivity index (χ4n) is 1.82. The van der Waals surface area contributed by atoms with Gasteiger partial charge in [0.2, 0.25) is 0 Å². The largest absolute Gasteiger partial charge is 0.337 e. The maximum Gasteiger partial charge on any atom is 0.255 e. The fourth-order valence-corrected chi connectivity index (χ4v) is 1.98. The lowest BCUT2D eigenvalue weighted by molar-refractivity contribution is 0.498. The van der Waals surface area contributed by atoms with E-state index in [1.54, 1.807) is 6.92 Å². The van der Waals surface area contributed by atoms with Crippen LogP contribution in [0, 0.1) is 24.4 Å². The predicted molar refractivity (Wildman–Crippen MR) is 70.1 cm³/mol. The number of hydrogen-bond donors (Lipinski definition) is 1. The summed E-state index contributed by atoms with van der Waals surface area (Å²) < 4.78 is 41.5. The average molecular weight is 314 g/mol.